The molecule has 1 rings (SSSR count). The van der Waals surface area contributed by atoms with Gasteiger partial charge in [0, 0.05) is 12.3 Å². The number of nitrogens with one attached hydrogen (secondary N) is 1. The summed E-state index contributed by atoms with van der Waals surface area (Å²) >= 11 is 0. The van der Waals surface area contributed by atoms with Crippen molar-refractivity contribution >= 4 is 5.82 Å². The molecule has 0 radical (unpaired) electrons. The molecule has 8 heteroatoms. The maximum atomic E-state index is 12.8. The van der Waals surface area contributed by atoms with Crippen LogP contribution in [-0.2, 0) is 0 Å². The Morgan fingerprint density at radius 2 is 2.21 bits per heavy atom. The molecule has 1 aromatic rings. The number of pyridine rings is 1. The lowest BCUT2D eigenvalue weighted by atomic mass is 10.3. The zero-order valence-electron chi connectivity index (χ0n) is 6.58. The van der Waals surface area contributed by atoms with E-state index in [1.165, 1.54) is 5.43 Å². The Balaban J connectivity index is 2.94. The molecule has 5 nitrogen and oxygen atoms in total. The fourth-order valence-electron chi connectivity index (χ4n) is 0.757. The number of nitro groups is 1. The fraction of sp³-hybridized carbons (Fsp3) is 0.167. The molecule has 0 fully saturated rings. The number of halogens is 3. The SMILES string of the molecule is O=[N+]([O-])Nc1cc(F)c(C(F)F)cn1. The topological polar surface area (TPSA) is 68.1 Å². The zero-order chi connectivity index (χ0) is 10.7. The highest BCUT2D eigenvalue weighted by molar-refractivity contribution is 5.34. The van der Waals surface area contributed by atoms with Crippen LogP contribution in [0.2, 0.25) is 0 Å². The van der Waals surface area contributed by atoms with E-state index in [1.807, 2.05) is 0 Å². The first-order chi connectivity index (χ1) is 6.50. The third kappa shape index (κ3) is 2.31. The van der Waals surface area contributed by atoms with E-state index in [0.29, 0.717) is 12.3 Å². The molecule has 0 aliphatic rings. The Bertz CT molecular complexity index is 358. The van der Waals surface area contributed by atoms with Crippen LogP contribution in [0.5, 0.6) is 0 Å². The minimum atomic E-state index is -2.99. The van der Waals surface area contributed by atoms with Crippen molar-refractivity contribution in [1.82, 2.24) is 4.98 Å². The van der Waals surface area contributed by atoms with Crippen molar-refractivity contribution in [2.75, 3.05) is 5.43 Å². The summed E-state index contributed by atoms with van der Waals surface area (Å²) in [5.41, 5.74) is 0.648. The van der Waals surface area contributed by atoms with E-state index < -0.39 is 28.7 Å². The third-order valence-corrected chi connectivity index (χ3v) is 1.32. The largest absolute Gasteiger partial charge is 0.268 e. The Morgan fingerprint density at radius 1 is 1.57 bits per heavy atom. The number of hydrogen-bond donors (Lipinski definition) is 1. The van der Waals surface area contributed by atoms with Crippen LogP contribution in [0.4, 0.5) is 19.0 Å². The predicted molar refractivity (Wildman–Crippen MR) is 39.8 cm³/mol. The first-order valence-corrected chi connectivity index (χ1v) is 3.35. The summed E-state index contributed by atoms with van der Waals surface area (Å²) < 4.78 is 36.7. The summed E-state index contributed by atoms with van der Waals surface area (Å²) in [5.74, 6) is -1.67. The molecule has 0 aliphatic carbocycles. The van der Waals surface area contributed by atoms with Crippen LogP contribution < -0.4 is 5.43 Å². The van der Waals surface area contributed by atoms with Gasteiger partial charge in [-0.05, 0) is 0 Å². The van der Waals surface area contributed by atoms with E-state index in [-0.39, 0.29) is 0 Å². The molecule has 0 spiro atoms. The van der Waals surface area contributed by atoms with Gasteiger partial charge in [-0.3, -0.25) is 0 Å². The molecule has 1 N–H and O–H groups in total. The number of aromatic nitrogens is 1. The van der Waals surface area contributed by atoms with Crippen molar-refractivity contribution in [3.8, 4) is 0 Å². The fourth-order valence-corrected chi connectivity index (χ4v) is 0.757. The van der Waals surface area contributed by atoms with Crippen LogP contribution >= 0.6 is 0 Å². The van der Waals surface area contributed by atoms with E-state index in [1.54, 1.807) is 0 Å². The highest BCUT2D eigenvalue weighted by Gasteiger charge is 2.15. The Kier molecular flexibility index (Phi) is 2.85. The molecular weight excluding hydrogens is 203 g/mol. The van der Waals surface area contributed by atoms with Gasteiger partial charge in [0.1, 0.15) is 5.82 Å². The lowest BCUT2D eigenvalue weighted by Gasteiger charge is -2.01. The van der Waals surface area contributed by atoms with Gasteiger partial charge in [-0.15, -0.1) is 0 Å². The van der Waals surface area contributed by atoms with Crippen LogP contribution in [0.25, 0.3) is 0 Å². The monoisotopic (exact) mass is 207 g/mol. The second-order valence-electron chi connectivity index (χ2n) is 2.26. The molecular formula is C6H4F3N3O2. The molecule has 0 amide bonds. The average Bonchev–Trinajstić information content (AvgIpc) is 2.01. The van der Waals surface area contributed by atoms with Gasteiger partial charge in [0.25, 0.3) is 6.43 Å². The van der Waals surface area contributed by atoms with E-state index in [2.05, 4.69) is 4.98 Å². The smallest absolute Gasteiger partial charge is 0.234 e. The van der Waals surface area contributed by atoms with E-state index in [9.17, 15) is 23.3 Å². The zero-order valence-corrected chi connectivity index (χ0v) is 6.58. The number of nitrogens with zero attached hydrogens (tertiary/aromatic N) is 2. The van der Waals surface area contributed by atoms with Crippen LogP contribution in [-0.4, -0.2) is 10.0 Å². The average molecular weight is 207 g/mol. The molecule has 0 aromatic carbocycles. The van der Waals surface area contributed by atoms with Crippen LogP contribution in [0, 0.1) is 15.9 Å². The summed E-state index contributed by atoms with van der Waals surface area (Å²) in [4.78, 5) is 13.1. The number of anilines is 1. The van der Waals surface area contributed by atoms with E-state index in [4.69, 9.17) is 0 Å². The van der Waals surface area contributed by atoms with Crippen LogP contribution in [0.3, 0.4) is 0 Å². The minimum Gasteiger partial charge on any atom is -0.234 e. The molecule has 76 valence electrons. The summed E-state index contributed by atoms with van der Waals surface area (Å²) in [7, 11) is 0. The van der Waals surface area contributed by atoms with Crippen molar-refractivity contribution in [2.24, 2.45) is 0 Å². The van der Waals surface area contributed by atoms with Gasteiger partial charge < -0.3 is 0 Å². The van der Waals surface area contributed by atoms with Gasteiger partial charge in [0.2, 0.25) is 0 Å². The van der Waals surface area contributed by atoms with Crippen molar-refractivity contribution < 1.29 is 18.2 Å². The molecule has 0 unspecified atom stereocenters. The normalized spacial score (nSPS) is 10.3. The van der Waals surface area contributed by atoms with Gasteiger partial charge in [-0.1, -0.05) is 5.43 Å². The van der Waals surface area contributed by atoms with Crippen LogP contribution in [0.1, 0.15) is 12.0 Å². The lowest BCUT2D eigenvalue weighted by Crippen LogP contribution is -2.10. The first-order valence-electron chi connectivity index (χ1n) is 3.35. The van der Waals surface area contributed by atoms with Crippen molar-refractivity contribution in [3.05, 3.63) is 33.8 Å². The Hall–Kier alpha value is -1.86. The number of rotatable bonds is 3. The second-order valence-corrected chi connectivity index (χ2v) is 2.26. The summed E-state index contributed by atoms with van der Waals surface area (Å²) in [6.07, 6.45) is -2.45. The standard InChI is InChI=1S/C6H4F3N3O2/c7-4-1-5(11-12(13)14)10-2-3(4)6(8)9/h1-2,6H,(H,10,11). The third-order valence-electron chi connectivity index (χ3n) is 1.32. The predicted octanol–water partition coefficient (Wildman–Crippen LogP) is 1.76. The van der Waals surface area contributed by atoms with Crippen molar-refractivity contribution in [2.45, 2.75) is 6.43 Å². The van der Waals surface area contributed by atoms with Crippen LogP contribution in [0.15, 0.2) is 12.3 Å². The van der Waals surface area contributed by atoms with Crippen molar-refractivity contribution in [3.63, 3.8) is 0 Å². The molecule has 1 aromatic heterocycles. The Morgan fingerprint density at radius 3 is 2.64 bits per heavy atom. The molecule has 0 bridgehead atoms. The maximum absolute atomic E-state index is 12.8. The number of hydrogen-bond acceptors (Lipinski definition) is 3. The second kappa shape index (κ2) is 3.90. The van der Waals surface area contributed by atoms with Crippen molar-refractivity contribution in [1.29, 1.82) is 0 Å². The summed E-state index contributed by atoms with van der Waals surface area (Å²) in [6.45, 7) is 0. The number of hydrazine groups is 1. The highest BCUT2D eigenvalue weighted by Crippen LogP contribution is 2.22. The van der Waals surface area contributed by atoms with Gasteiger partial charge in [-0.25, -0.2) is 28.3 Å². The maximum Gasteiger partial charge on any atom is 0.268 e. The molecule has 1 heterocycles. The highest BCUT2D eigenvalue weighted by atomic mass is 19.3. The van der Waals surface area contributed by atoms with Gasteiger partial charge >= 0.3 is 0 Å². The lowest BCUT2D eigenvalue weighted by molar-refractivity contribution is -0.445. The van der Waals surface area contributed by atoms with Gasteiger partial charge in [-0.2, -0.15) is 0 Å². The molecule has 0 atom stereocenters. The molecule has 14 heavy (non-hydrogen) atoms. The van der Waals surface area contributed by atoms with Gasteiger partial charge in [0.05, 0.1) is 5.56 Å². The first kappa shape index (κ1) is 10.2. The van der Waals surface area contributed by atoms with E-state index >= 15 is 0 Å². The Labute approximate surface area is 75.7 Å². The van der Waals surface area contributed by atoms with Gasteiger partial charge in [0.15, 0.2) is 10.9 Å². The molecule has 0 aliphatic heterocycles. The molecule has 0 saturated carbocycles. The molecule has 0 saturated heterocycles. The minimum absolute atomic E-state index is 0.433. The summed E-state index contributed by atoms with van der Waals surface area (Å²) in [6, 6.07) is 0.532. The van der Waals surface area contributed by atoms with E-state index in [0.717, 1.165) is 0 Å². The summed E-state index contributed by atoms with van der Waals surface area (Å²) in [5, 5.41) is 8.91. The number of alkyl halides is 2. The quantitative estimate of drug-likeness (QED) is 0.605.